The van der Waals surface area contributed by atoms with Crippen molar-refractivity contribution >= 4 is 22.5 Å². The fourth-order valence-corrected chi connectivity index (χ4v) is 3.25. The second kappa shape index (κ2) is 6.05. The van der Waals surface area contributed by atoms with Crippen molar-refractivity contribution in [1.29, 1.82) is 0 Å². The zero-order valence-electron chi connectivity index (χ0n) is 11.7. The van der Waals surface area contributed by atoms with Gasteiger partial charge in [0, 0.05) is 31.5 Å². The van der Waals surface area contributed by atoms with Crippen LogP contribution in [0.3, 0.4) is 0 Å². The van der Waals surface area contributed by atoms with Crippen molar-refractivity contribution in [3.05, 3.63) is 5.01 Å². The Morgan fingerprint density at radius 2 is 2.30 bits per heavy atom. The predicted octanol–water partition coefficient (Wildman–Crippen LogP) is 2.31. The molecule has 0 unspecified atom stereocenters. The second-order valence-corrected chi connectivity index (χ2v) is 6.43. The summed E-state index contributed by atoms with van der Waals surface area (Å²) in [6, 6.07) is -0.0853. The molecule has 1 aromatic rings. The Balaban J connectivity index is 1.54. The first-order valence-electron chi connectivity index (χ1n) is 7.23. The summed E-state index contributed by atoms with van der Waals surface area (Å²) in [5.41, 5.74) is 0. The number of rotatable bonds is 5. The van der Waals surface area contributed by atoms with Crippen LogP contribution in [0.1, 0.15) is 37.1 Å². The maximum absolute atomic E-state index is 12.2. The highest BCUT2D eigenvalue weighted by Gasteiger charge is 2.28. The van der Waals surface area contributed by atoms with Crippen molar-refractivity contribution in [2.75, 3.05) is 31.6 Å². The van der Waals surface area contributed by atoms with Crippen molar-refractivity contribution in [3.63, 3.8) is 0 Å². The van der Waals surface area contributed by atoms with Gasteiger partial charge in [0.15, 0.2) is 0 Å². The van der Waals surface area contributed by atoms with E-state index < -0.39 is 0 Å². The number of hydrogen-bond acceptors (Lipinski definition) is 5. The van der Waals surface area contributed by atoms with E-state index in [1.165, 1.54) is 24.2 Å². The van der Waals surface area contributed by atoms with Crippen LogP contribution in [-0.4, -0.2) is 47.4 Å². The Morgan fingerprint density at radius 1 is 1.45 bits per heavy atom. The number of nitrogens with one attached hydrogen (secondary N) is 1. The normalized spacial score (nSPS) is 21.9. The molecule has 2 fully saturated rings. The van der Waals surface area contributed by atoms with Crippen LogP contribution in [0.2, 0.25) is 0 Å². The molecule has 110 valence electrons. The maximum Gasteiger partial charge on any atom is 0.323 e. The third-order valence-corrected chi connectivity index (χ3v) is 4.75. The molecule has 0 radical (unpaired) electrons. The molecular formula is C13H20N4O2S. The molecule has 0 aromatic carbocycles. The average Bonchev–Trinajstić information content (AvgIpc) is 2.98. The quantitative estimate of drug-likeness (QED) is 0.905. The smallest absolute Gasteiger partial charge is 0.323 e. The Kier molecular flexibility index (Phi) is 4.16. The molecule has 1 aromatic heterocycles. The zero-order valence-corrected chi connectivity index (χ0v) is 12.5. The second-order valence-electron chi connectivity index (χ2n) is 5.42. The Hall–Kier alpha value is -1.21. The fraction of sp³-hybridized carbons (Fsp3) is 0.769. The lowest BCUT2D eigenvalue weighted by Gasteiger charge is -2.23. The highest BCUT2D eigenvalue weighted by Crippen LogP contribution is 2.42. The molecule has 1 saturated heterocycles. The van der Waals surface area contributed by atoms with E-state index in [1.54, 1.807) is 0 Å². The lowest BCUT2D eigenvalue weighted by Crippen LogP contribution is -2.38. The summed E-state index contributed by atoms with van der Waals surface area (Å²) < 4.78 is 5.36. The van der Waals surface area contributed by atoms with Gasteiger partial charge in [-0.2, -0.15) is 0 Å². The van der Waals surface area contributed by atoms with Gasteiger partial charge in [-0.05, 0) is 26.2 Å². The number of ether oxygens (including phenoxy) is 1. The Labute approximate surface area is 122 Å². The number of nitrogens with zero attached hydrogens (tertiary/aromatic N) is 3. The van der Waals surface area contributed by atoms with E-state index in [9.17, 15) is 4.79 Å². The molecular weight excluding hydrogens is 276 g/mol. The van der Waals surface area contributed by atoms with Gasteiger partial charge in [-0.15, -0.1) is 10.2 Å². The maximum atomic E-state index is 12.2. The highest BCUT2D eigenvalue weighted by molar-refractivity contribution is 7.15. The molecule has 1 N–H and O–H groups in total. The lowest BCUT2D eigenvalue weighted by atomic mass is 10.1. The minimum absolute atomic E-state index is 0.0853. The molecule has 2 heterocycles. The molecule has 7 heteroatoms. The molecule has 0 spiro atoms. The van der Waals surface area contributed by atoms with E-state index in [0.29, 0.717) is 23.5 Å². The van der Waals surface area contributed by atoms with Gasteiger partial charge in [0.05, 0.1) is 6.61 Å². The van der Waals surface area contributed by atoms with Gasteiger partial charge in [0.1, 0.15) is 5.01 Å². The first-order valence-corrected chi connectivity index (χ1v) is 8.05. The van der Waals surface area contributed by atoms with Crippen LogP contribution in [-0.2, 0) is 4.74 Å². The molecule has 1 atom stereocenters. The molecule has 20 heavy (non-hydrogen) atoms. The molecule has 0 bridgehead atoms. The van der Waals surface area contributed by atoms with E-state index in [-0.39, 0.29) is 6.03 Å². The van der Waals surface area contributed by atoms with Crippen molar-refractivity contribution in [1.82, 2.24) is 15.1 Å². The third-order valence-electron chi connectivity index (χ3n) is 3.75. The van der Waals surface area contributed by atoms with Crippen molar-refractivity contribution in [3.8, 4) is 0 Å². The predicted molar refractivity (Wildman–Crippen MR) is 77.1 cm³/mol. The molecule has 6 nitrogen and oxygen atoms in total. The average molecular weight is 296 g/mol. The molecule has 1 aliphatic heterocycles. The van der Waals surface area contributed by atoms with E-state index in [1.807, 2.05) is 11.8 Å². The fourth-order valence-electron chi connectivity index (χ4n) is 2.35. The first-order chi connectivity index (χ1) is 9.76. The topological polar surface area (TPSA) is 67.3 Å². The number of amides is 2. The number of carbonyl (C=O) groups excluding carboxylic acids is 1. The van der Waals surface area contributed by atoms with Crippen molar-refractivity contribution in [2.45, 2.75) is 32.1 Å². The third kappa shape index (κ3) is 3.27. The van der Waals surface area contributed by atoms with E-state index in [4.69, 9.17) is 4.74 Å². The molecule has 2 amide bonds. The minimum atomic E-state index is -0.0853. The summed E-state index contributed by atoms with van der Waals surface area (Å²) in [6.45, 7) is 5.00. The van der Waals surface area contributed by atoms with Crippen LogP contribution in [0, 0.1) is 5.92 Å². The SMILES string of the molecule is CCN(C[C@H]1CCOC1)C(=O)Nc1nnc(C2CC2)s1. The molecule has 3 rings (SSSR count). The molecule has 1 saturated carbocycles. The van der Waals surface area contributed by atoms with Crippen molar-refractivity contribution < 1.29 is 9.53 Å². The lowest BCUT2D eigenvalue weighted by molar-refractivity contribution is 0.171. The number of anilines is 1. The van der Waals surface area contributed by atoms with Crippen LogP contribution in [0.4, 0.5) is 9.93 Å². The highest BCUT2D eigenvalue weighted by atomic mass is 32.1. The summed E-state index contributed by atoms with van der Waals surface area (Å²) in [5, 5.41) is 12.7. The van der Waals surface area contributed by atoms with Gasteiger partial charge in [0.2, 0.25) is 5.13 Å². The van der Waals surface area contributed by atoms with Gasteiger partial charge >= 0.3 is 6.03 Å². The van der Waals surface area contributed by atoms with Gasteiger partial charge in [-0.25, -0.2) is 4.79 Å². The van der Waals surface area contributed by atoms with Crippen molar-refractivity contribution in [2.24, 2.45) is 5.92 Å². The first kappa shape index (κ1) is 13.8. The van der Waals surface area contributed by atoms with Gasteiger partial charge in [-0.3, -0.25) is 5.32 Å². The Morgan fingerprint density at radius 3 is 2.95 bits per heavy atom. The molecule has 2 aliphatic rings. The van der Waals surface area contributed by atoms with Crippen LogP contribution in [0.15, 0.2) is 0 Å². The Bertz CT molecular complexity index is 469. The largest absolute Gasteiger partial charge is 0.381 e. The van der Waals surface area contributed by atoms with E-state index in [0.717, 1.165) is 31.2 Å². The number of carbonyl (C=O) groups is 1. The van der Waals surface area contributed by atoms with Gasteiger partial charge in [0.25, 0.3) is 0 Å². The van der Waals surface area contributed by atoms with Crippen LogP contribution in [0.5, 0.6) is 0 Å². The van der Waals surface area contributed by atoms with Crippen LogP contribution in [0.25, 0.3) is 0 Å². The number of urea groups is 1. The monoisotopic (exact) mass is 296 g/mol. The van der Waals surface area contributed by atoms with Gasteiger partial charge in [-0.1, -0.05) is 11.3 Å². The standard InChI is InChI=1S/C13H20N4O2S/c1-2-17(7-9-5-6-19-8-9)13(18)14-12-16-15-11(20-12)10-3-4-10/h9-10H,2-8H2,1H3,(H,14,16,18)/t9-/m1/s1. The molecule has 1 aliphatic carbocycles. The summed E-state index contributed by atoms with van der Waals surface area (Å²) in [7, 11) is 0. The van der Waals surface area contributed by atoms with Gasteiger partial charge < -0.3 is 9.64 Å². The minimum Gasteiger partial charge on any atom is -0.381 e. The van der Waals surface area contributed by atoms with Crippen LogP contribution < -0.4 is 5.32 Å². The van der Waals surface area contributed by atoms with Crippen LogP contribution >= 0.6 is 11.3 Å². The van der Waals surface area contributed by atoms with E-state index >= 15 is 0 Å². The number of hydrogen-bond donors (Lipinski definition) is 1. The van der Waals surface area contributed by atoms with E-state index in [2.05, 4.69) is 15.5 Å². The summed E-state index contributed by atoms with van der Waals surface area (Å²) in [5.74, 6) is 1.04. The summed E-state index contributed by atoms with van der Waals surface area (Å²) >= 11 is 1.50. The summed E-state index contributed by atoms with van der Waals surface area (Å²) in [6.07, 6.45) is 3.44. The number of aromatic nitrogens is 2. The summed E-state index contributed by atoms with van der Waals surface area (Å²) in [4.78, 5) is 14.1. The zero-order chi connectivity index (χ0) is 13.9.